The van der Waals surface area contributed by atoms with Gasteiger partial charge < -0.3 is 15.5 Å². The summed E-state index contributed by atoms with van der Waals surface area (Å²) in [7, 11) is 0. The minimum Gasteiger partial charge on any atom is -0.326 e. The van der Waals surface area contributed by atoms with Gasteiger partial charge in [-0.3, -0.25) is 9.59 Å². The molecule has 0 saturated heterocycles. The predicted octanol–water partition coefficient (Wildman–Crippen LogP) is 3.77. The number of anilines is 4. The van der Waals surface area contributed by atoms with Crippen molar-refractivity contribution in [2.75, 3.05) is 15.5 Å². The number of para-hydroxylation sites is 1. The van der Waals surface area contributed by atoms with Gasteiger partial charge in [0.25, 0.3) is 5.91 Å². The average Bonchev–Trinajstić information content (AvgIpc) is 3.03. The summed E-state index contributed by atoms with van der Waals surface area (Å²) in [6.07, 6.45) is 0.949. The van der Waals surface area contributed by atoms with Crippen LogP contribution in [-0.4, -0.2) is 28.1 Å². The number of benzene rings is 2. The molecule has 0 fully saturated rings. The van der Waals surface area contributed by atoms with E-state index in [-0.39, 0.29) is 23.6 Å². The molecule has 0 bridgehead atoms. The molecule has 1 aromatic heterocycles. The highest BCUT2D eigenvalue weighted by molar-refractivity contribution is 6.03. The third-order valence-electron chi connectivity index (χ3n) is 4.78. The Labute approximate surface area is 168 Å². The van der Waals surface area contributed by atoms with Crippen LogP contribution in [0.25, 0.3) is 0 Å². The lowest BCUT2D eigenvalue weighted by atomic mass is 10.1. The molecule has 1 aliphatic rings. The van der Waals surface area contributed by atoms with Crippen molar-refractivity contribution < 1.29 is 9.59 Å². The van der Waals surface area contributed by atoms with Gasteiger partial charge in [0.15, 0.2) is 11.5 Å². The molecule has 1 aliphatic heterocycles. The molecular weight excluding hydrogens is 366 g/mol. The maximum atomic E-state index is 12.5. The van der Waals surface area contributed by atoms with Crippen LogP contribution in [-0.2, 0) is 11.2 Å². The van der Waals surface area contributed by atoms with Crippen LogP contribution in [0, 0.1) is 0 Å². The molecule has 0 radical (unpaired) electrons. The van der Waals surface area contributed by atoms with Crippen molar-refractivity contribution in [3.63, 3.8) is 0 Å². The summed E-state index contributed by atoms with van der Waals surface area (Å²) in [6.45, 7) is 3.58. The quantitative estimate of drug-likeness (QED) is 0.712. The average molecular weight is 387 g/mol. The van der Waals surface area contributed by atoms with Gasteiger partial charge in [0.05, 0.1) is 0 Å². The van der Waals surface area contributed by atoms with E-state index in [2.05, 4.69) is 44.8 Å². The fourth-order valence-electron chi connectivity index (χ4n) is 3.56. The number of fused-ring (bicyclic) bond motifs is 1. The number of hydrogen-bond acceptors (Lipinski definition) is 5. The molecular formula is C22H21N5O2. The first-order chi connectivity index (χ1) is 14.0. The molecule has 0 spiro atoms. The van der Waals surface area contributed by atoms with E-state index in [9.17, 15) is 9.59 Å². The fourth-order valence-corrected chi connectivity index (χ4v) is 3.56. The number of aromatic nitrogens is 2. The van der Waals surface area contributed by atoms with Gasteiger partial charge >= 0.3 is 0 Å². The Morgan fingerprint density at radius 3 is 2.45 bits per heavy atom. The van der Waals surface area contributed by atoms with Crippen molar-refractivity contribution in [3.8, 4) is 0 Å². The number of nitrogens with one attached hydrogen (secondary N) is 2. The maximum Gasteiger partial charge on any atom is 0.276 e. The number of nitrogens with zero attached hydrogens (tertiary/aromatic N) is 3. The predicted molar refractivity (Wildman–Crippen MR) is 112 cm³/mol. The van der Waals surface area contributed by atoms with E-state index in [4.69, 9.17) is 0 Å². The van der Waals surface area contributed by atoms with Crippen LogP contribution in [0.1, 0.15) is 29.9 Å². The highest BCUT2D eigenvalue weighted by atomic mass is 16.2. The lowest BCUT2D eigenvalue weighted by molar-refractivity contribution is -0.114. The number of rotatable bonds is 4. The van der Waals surface area contributed by atoms with E-state index in [1.54, 1.807) is 30.3 Å². The first kappa shape index (κ1) is 18.6. The van der Waals surface area contributed by atoms with Crippen LogP contribution >= 0.6 is 0 Å². The highest BCUT2D eigenvalue weighted by Gasteiger charge is 2.28. The zero-order valence-electron chi connectivity index (χ0n) is 16.2. The van der Waals surface area contributed by atoms with Gasteiger partial charge in [-0.15, -0.1) is 10.2 Å². The lowest BCUT2D eigenvalue weighted by Crippen LogP contribution is -2.25. The third kappa shape index (κ3) is 3.94. The van der Waals surface area contributed by atoms with Crippen molar-refractivity contribution in [2.45, 2.75) is 26.3 Å². The molecule has 3 aromatic rings. The largest absolute Gasteiger partial charge is 0.326 e. The zero-order chi connectivity index (χ0) is 20.4. The first-order valence-electron chi connectivity index (χ1n) is 9.41. The second-order valence-corrected chi connectivity index (χ2v) is 7.04. The maximum absolute atomic E-state index is 12.5. The molecule has 0 saturated carbocycles. The van der Waals surface area contributed by atoms with Crippen LogP contribution in [0.5, 0.6) is 0 Å². The van der Waals surface area contributed by atoms with Crippen molar-refractivity contribution in [3.05, 3.63) is 71.9 Å². The van der Waals surface area contributed by atoms with Crippen LogP contribution in [0.2, 0.25) is 0 Å². The van der Waals surface area contributed by atoms with E-state index < -0.39 is 0 Å². The minimum absolute atomic E-state index is 0.173. The van der Waals surface area contributed by atoms with Crippen LogP contribution in [0.4, 0.5) is 22.9 Å². The molecule has 1 unspecified atom stereocenters. The summed E-state index contributed by atoms with van der Waals surface area (Å²) < 4.78 is 0. The topological polar surface area (TPSA) is 87.2 Å². The van der Waals surface area contributed by atoms with Gasteiger partial charge in [-0.1, -0.05) is 24.3 Å². The van der Waals surface area contributed by atoms with Crippen LogP contribution in [0.3, 0.4) is 0 Å². The molecule has 7 heteroatoms. The number of hydrogen-bond donors (Lipinski definition) is 2. The molecule has 2 N–H and O–H groups in total. The SMILES string of the molecule is CC(=O)Nc1cccc(NC(=O)c2ccc(N3c4ccccc4CC3C)nn2)c1. The monoisotopic (exact) mass is 387 g/mol. The molecule has 2 amide bonds. The first-order valence-corrected chi connectivity index (χ1v) is 9.41. The van der Waals surface area contributed by atoms with Crippen molar-refractivity contribution >= 4 is 34.7 Å². The molecule has 0 aliphatic carbocycles. The molecule has 4 rings (SSSR count). The Morgan fingerprint density at radius 2 is 1.72 bits per heavy atom. The van der Waals surface area contributed by atoms with Gasteiger partial charge in [-0.25, -0.2) is 0 Å². The molecule has 1 atom stereocenters. The summed E-state index contributed by atoms with van der Waals surface area (Å²) in [4.78, 5) is 25.9. The fraction of sp³-hybridized carbons (Fsp3) is 0.182. The van der Waals surface area contributed by atoms with Crippen molar-refractivity contribution in [1.82, 2.24) is 10.2 Å². The standard InChI is InChI=1S/C22H21N5O2/c1-14-12-16-6-3-4-9-20(16)27(14)21-11-10-19(25-26-21)22(29)24-18-8-5-7-17(13-18)23-15(2)28/h3-11,13-14H,12H2,1-2H3,(H,23,28)(H,24,29). The second kappa shape index (κ2) is 7.71. The highest BCUT2D eigenvalue weighted by Crippen LogP contribution is 2.36. The Balaban J connectivity index is 1.50. The van der Waals surface area contributed by atoms with Gasteiger partial charge in [0, 0.05) is 30.0 Å². The van der Waals surface area contributed by atoms with Crippen LogP contribution in [0.15, 0.2) is 60.7 Å². The molecule has 2 aromatic carbocycles. The second-order valence-electron chi connectivity index (χ2n) is 7.04. The van der Waals surface area contributed by atoms with Crippen molar-refractivity contribution in [1.29, 1.82) is 0 Å². The van der Waals surface area contributed by atoms with E-state index in [0.29, 0.717) is 17.2 Å². The number of amides is 2. The zero-order valence-corrected chi connectivity index (χ0v) is 16.2. The Kier molecular flexibility index (Phi) is 4.95. The van der Waals surface area contributed by atoms with Gasteiger partial charge in [0.1, 0.15) is 0 Å². The number of carbonyl (C=O) groups is 2. The number of carbonyl (C=O) groups excluding carboxylic acids is 2. The summed E-state index contributed by atoms with van der Waals surface area (Å²) in [5, 5.41) is 13.9. The molecule has 146 valence electrons. The Hall–Kier alpha value is -3.74. The smallest absolute Gasteiger partial charge is 0.276 e. The van der Waals surface area contributed by atoms with Crippen molar-refractivity contribution in [2.24, 2.45) is 0 Å². The summed E-state index contributed by atoms with van der Waals surface area (Å²) in [5.74, 6) is 0.179. The summed E-state index contributed by atoms with van der Waals surface area (Å²) >= 11 is 0. The normalized spacial score (nSPS) is 15.0. The summed E-state index contributed by atoms with van der Waals surface area (Å²) in [5.41, 5.74) is 3.80. The third-order valence-corrected chi connectivity index (χ3v) is 4.78. The molecule has 29 heavy (non-hydrogen) atoms. The minimum atomic E-state index is -0.362. The summed E-state index contributed by atoms with van der Waals surface area (Å²) in [6, 6.07) is 18.9. The van der Waals surface area contributed by atoms with Crippen LogP contribution < -0.4 is 15.5 Å². The molecule has 7 nitrogen and oxygen atoms in total. The van der Waals surface area contributed by atoms with Gasteiger partial charge in [-0.2, -0.15) is 0 Å². The van der Waals surface area contributed by atoms with E-state index in [1.165, 1.54) is 12.5 Å². The Bertz CT molecular complexity index is 1060. The lowest BCUT2D eigenvalue weighted by Gasteiger charge is -2.23. The Morgan fingerprint density at radius 1 is 0.966 bits per heavy atom. The van der Waals surface area contributed by atoms with Gasteiger partial charge in [0.2, 0.25) is 5.91 Å². The van der Waals surface area contributed by atoms with E-state index in [1.807, 2.05) is 18.2 Å². The molecule has 2 heterocycles. The van der Waals surface area contributed by atoms with E-state index >= 15 is 0 Å². The van der Waals surface area contributed by atoms with E-state index in [0.717, 1.165) is 12.1 Å². The van der Waals surface area contributed by atoms with Gasteiger partial charge in [-0.05, 0) is 55.3 Å².